The molecular weight excluding hydrogens is 327 g/mol. The maximum Gasteiger partial charge on any atom is 0.416 e. The monoisotopic (exact) mass is 347 g/mol. The van der Waals surface area contributed by atoms with E-state index >= 15 is 0 Å². The maximum atomic E-state index is 12.9. The first kappa shape index (κ1) is 16.5. The maximum absolute atomic E-state index is 12.9. The van der Waals surface area contributed by atoms with Crippen LogP contribution in [0.5, 0.6) is 5.75 Å². The van der Waals surface area contributed by atoms with Crippen LogP contribution >= 0.6 is 0 Å². The Morgan fingerprint density at radius 3 is 2.48 bits per heavy atom. The number of ether oxygens (including phenoxy) is 1. The minimum atomic E-state index is -4.30. The molecule has 0 aromatic heterocycles. The summed E-state index contributed by atoms with van der Waals surface area (Å²) in [5, 5.41) is 3.59. The molecule has 1 fully saturated rings. The summed E-state index contributed by atoms with van der Waals surface area (Å²) in [5.74, 6) is 1.26. The molecule has 0 amide bonds. The van der Waals surface area contributed by atoms with Crippen molar-refractivity contribution in [1.82, 2.24) is 5.32 Å². The van der Waals surface area contributed by atoms with Crippen LogP contribution in [0.4, 0.5) is 13.2 Å². The van der Waals surface area contributed by atoms with Gasteiger partial charge >= 0.3 is 6.18 Å². The van der Waals surface area contributed by atoms with Crippen LogP contribution in [-0.4, -0.2) is 13.7 Å². The van der Waals surface area contributed by atoms with Crippen molar-refractivity contribution in [3.8, 4) is 5.75 Å². The van der Waals surface area contributed by atoms with Crippen LogP contribution in [0.2, 0.25) is 0 Å². The van der Waals surface area contributed by atoms with Crippen molar-refractivity contribution in [3.63, 3.8) is 0 Å². The van der Waals surface area contributed by atoms with Gasteiger partial charge in [-0.1, -0.05) is 18.2 Å². The second-order valence-electron chi connectivity index (χ2n) is 6.83. The van der Waals surface area contributed by atoms with Crippen LogP contribution in [-0.2, 0) is 6.18 Å². The van der Waals surface area contributed by atoms with Gasteiger partial charge in [-0.05, 0) is 66.3 Å². The summed E-state index contributed by atoms with van der Waals surface area (Å²) < 4.78 is 44.0. The second-order valence-corrected chi connectivity index (χ2v) is 6.83. The number of hydrogen-bond donors (Lipinski definition) is 1. The van der Waals surface area contributed by atoms with E-state index in [-0.39, 0.29) is 12.0 Å². The van der Waals surface area contributed by atoms with E-state index in [0.29, 0.717) is 5.92 Å². The molecule has 4 rings (SSSR count). The van der Waals surface area contributed by atoms with Gasteiger partial charge in [0.05, 0.1) is 12.7 Å². The Labute approximate surface area is 145 Å². The molecule has 3 unspecified atom stereocenters. The summed E-state index contributed by atoms with van der Waals surface area (Å²) >= 11 is 0. The summed E-state index contributed by atoms with van der Waals surface area (Å²) in [6.45, 7) is 0.979. The van der Waals surface area contributed by atoms with Gasteiger partial charge < -0.3 is 10.1 Å². The molecule has 3 atom stereocenters. The molecule has 0 saturated carbocycles. The normalized spacial score (nSPS) is 25.4. The number of benzene rings is 2. The first-order chi connectivity index (χ1) is 12.0. The Balaban J connectivity index is 1.78. The number of rotatable bonds is 2. The molecule has 2 aliphatic rings. The number of fused-ring (bicyclic) bond motifs is 3. The third-order valence-corrected chi connectivity index (χ3v) is 5.50. The summed E-state index contributed by atoms with van der Waals surface area (Å²) in [7, 11) is 1.63. The van der Waals surface area contributed by atoms with Crippen LogP contribution in [0.15, 0.2) is 42.5 Å². The van der Waals surface area contributed by atoms with Crippen LogP contribution in [0, 0.1) is 5.92 Å². The lowest BCUT2D eigenvalue weighted by Gasteiger charge is -2.31. The number of piperidine rings is 1. The summed E-state index contributed by atoms with van der Waals surface area (Å²) in [6.07, 6.45) is -2.14. The van der Waals surface area contributed by atoms with Crippen molar-refractivity contribution >= 4 is 0 Å². The van der Waals surface area contributed by atoms with E-state index in [1.807, 2.05) is 12.1 Å². The molecule has 1 saturated heterocycles. The average Bonchev–Trinajstić information content (AvgIpc) is 2.94. The predicted octanol–water partition coefficient (Wildman–Crippen LogP) is 4.90. The number of hydrogen-bond acceptors (Lipinski definition) is 2. The van der Waals surface area contributed by atoms with Crippen LogP contribution < -0.4 is 10.1 Å². The third kappa shape index (κ3) is 2.80. The summed E-state index contributed by atoms with van der Waals surface area (Å²) in [4.78, 5) is 0. The molecule has 2 nitrogen and oxygen atoms in total. The molecule has 1 aliphatic heterocycles. The standard InChI is InChI=1S/C20H20F3NO/c1-25-14-8-9-15-17(11-14)18(16-3-2-10-24-19(15)16)12-4-6-13(7-5-12)20(21,22)23/h4-9,11,16,18-19,24H,2-3,10H2,1H3. The lowest BCUT2D eigenvalue weighted by atomic mass is 9.80. The third-order valence-electron chi connectivity index (χ3n) is 5.50. The molecule has 25 heavy (non-hydrogen) atoms. The van der Waals surface area contributed by atoms with Gasteiger partial charge in [0.2, 0.25) is 0 Å². The molecule has 1 heterocycles. The van der Waals surface area contributed by atoms with E-state index in [1.165, 1.54) is 23.3 Å². The summed E-state index contributed by atoms with van der Waals surface area (Å²) in [6, 6.07) is 12.0. The van der Waals surface area contributed by atoms with Gasteiger partial charge in [-0.15, -0.1) is 0 Å². The lowest BCUT2D eigenvalue weighted by molar-refractivity contribution is -0.137. The fourth-order valence-electron chi connectivity index (χ4n) is 4.38. The first-order valence-electron chi connectivity index (χ1n) is 8.57. The van der Waals surface area contributed by atoms with Crippen molar-refractivity contribution in [3.05, 3.63) is 64.7 Å². The van der Waals surface area contributed by atoms with E-state index in [1.54, 1.807) is 19.2 Å². The van der Waals surface area contributed by atoms with Gasteiger partial charge in [-0.25, -0.2) is 0 Å². The van der Waals surface area contributed by atoms with Gasteiger partial charge in [0, 0.05) is 12.0 Å². The largest absolute Gasteiger partial charge is 0.497 e. The molecule has 1 aliphatic carbocycles. The highest BCUT2D eigenvalue weighted by Crippen LogP contribution is 2.52. The van der Waals surface area contributed by atoms with Crippen molar-refractivity contribution < 1.29 is 17.9 Å². The fourth-order valence-corrected chi connectivity index (χ4v) is 4.38. The molecule has 1 N–H and O–H groups in total. The predicted molar refractivity (Wildman–Crippen MR) is 89.7 cm³/mol. The van der Waals surface area contributed by atoms with Crippen molar-refractivity contribution in [1.29, 1.82) is 0 Å². The van der Waals surface area contributed by atoms with E-state index in [2.05, 4.69) is 11.4 Å². The van der Waals surface area contributed by atoms with Crippen LogP contribution in [0.1, 0.15) is 47.1 Å². The SMILES string of the molecule is COc1ccc2c(c1)C(c1ccc(C(F)(F)F)cc1)C1CCCNC21. The van der Waals surface area contributed by atoms with E-state index in [9.17, 15) is 13.2 Å². The zero-order chi connectivity index (χ0) is 17.6. The van der Waals surface area contributed by atoms with E-state index in [0.717, 1.165) is 30.7 Å². The molecule has 5 heteroatoms. The lowest BCUT2D eigenvalue weighted by Crippen LogP contribution is -2.32. The number of nitrogens with one attached hydrogen (secondary N) is 1. The van der Waals surface area contributed by atoms with Crippen molar-refractivity contribution in [2.24, 2.45) is 5.92 Å². The number of methoxy groups -OCH3 is 1. The molecule has 0 bridgehead atoms. The van der Waals surface area contributed by atoms with Gasteiger partial charge in [-0.3, -0.25) is 0 Å². The molecule has 132 valence electrons. The highest BCUT2D eigenvalue weighted by molar-refractivity contribution is 5.50. The van der Waals surface area contributed by atoms with E-state index in [4.69, 9.17) is 4.74 Å². The first-order valence-corrected chi connectivity index (χ1v) is 8.57. The van der Waals surface area contributed by atoms with Crippen molar-refractivity contribution in [2.45, 2.75) is 31.0 Å². The highest BCUT2D eigenvalue weighted by Gasteiger charge is 2.42. The molecule has 0 radical (unpaired) electrons. The van der Waals surface area contributed by atoms with Crippen molar-refractivity contribution in [2.75, 3.05) is 13.7 Å². The summed E-state index contributed by atoms with van der Waals surface area (Å²) in [5.41, 5.74) is 2.76. The Morgan fingerprint density at radius 2 is 1.80 bits per heavy atom. The molecular formula is C20H20F3NO. The Morgan fingerprint density at radius 1 is 1.04 bits per heavy atom. The molecule has 2 aromatic rings. The minimum Gasteiger partial charge on any atom is -0.497 e. The van der Waals surface area contributed by atoms with Gasteiger partial charge in [0.25, 0.3) is 0 Å². The Kier molecular flexibility index (Phi) is 3.99. The zero-order valence-corrected chi connectivity index (χ0v) is 13.9. The number of halogens is 3. The average molecular weight is 347 g/mol. The van der Waals surface area contributed by atoms with E-state index < -0.39 is 11.7 Å². The zero-order valence-electron chi connectivity index (χ0n) is 13.9. The fraction of sp³-hybridized carbons (Fsp3) is 0.400. The van der Waals surface area contributed by atoms with Crippen LogP contribution in [0.3, 0.4) is 0 Å². The molecule has 0 spiro atoms. The minimum absolute atomic E-state index is 0.102. The highest BCUT2D eigenvalue weighted by atomic mass is 19.4. The van der Waals surface area contributed by atoms with Gasteiger partial charge in [0.1, 0.15) is 5.75 Å². The topological polar surface area (TPSA) is 21.3 Å². The number of alkyl halides is 3. The van der Waals surface area contributed by atoms with Gasteiger partial charge in [0.15, 0.2) is 0 Å². The Bertz CT molecular complexity index is 770. The second kappa shape index (κ2) is 6.06. The molecule has 2 aromatic carbocycles. The van der Waals surface area contributed by atoms with Gasteiger partial charge in [-0.2, -0.15) is 13.2 Å². The smallest absolute Gasteiger partial charge is 0.416 e. The van der Waals surface area contributed by atoms with Crippen LogP contribution in [0.25, 0.3) is 0 Å². The Hall–Kier alpha value is -2.01. The quantitative estimate of drug-likeness (QED) is 0.834.